The molecule has 52 valence electrons. The third-order valence-corrected chi connectivity index (χ3v) is 1.34. The zero-order chi connectivity index (χ0) is 7.33. The molecule has 0 aromatic carbocycles. The molecule has 0 bridgehead atoms. The van der Waals surface area contributed by atoms with Gasteiger partial charge in [0.1, 0.15) is 6.61 Å². The third kappa shape index (κ3) is 8.20. The molecule has 0 amide bonds. The van der Waals surface area contributed by atoms with Crippen LogP contribution in [0, 0.1) is 9.85 Å². The molecule has 0 aliphatic carbocycles. The van der Waals surface area contributed by atoms with Crippen LogP contribution in [0.25, 0.3) is 0 Å². The molecule has 0 unspecified atom stereocenters. The first-order chi connectivity index (χ1) is 4.06. The maximum absolute atomic E-state index is 10.2. The molecule has 9 heavy (non-hydrogen) atoms. The van der Waals surface area contributed by atoms with E-state index in [-0.39, 0.29) is 6.61 Å². The predicted octanol–water partition coefficient (Wildman–Crippen LogP) is 0.359. The van der Waals surface area contributed by atoms with Crippen molar-refractivity contribution >= 4 is 32.7 Å². The van der Waals surface area contributed by atoms with Gasteiger partial charge in [0.05, 0.1) is 6.26 Å². The molecule has 3 nitrogen and oxygen atoms in total. The molecule has 0 rings (SSSR count). The lowest BCUT2D eigenvalue weighted by atomic mass is 10.8. The van der Waals surface area contributed by atoms with Crippen molar-refractivity contribution in [3.05, 3.63) is 0 Å². The first-order valence-electron chi connectivity index (χ1n) is 1.99. The van der Waals surface area contributed by atoms with E-state index in [0.29, 0.717) is 0 Å². The van der Waals surface area contributed by atoms with Gasteiger partial charge in [0.2, 0.25) is 0 Å². The van der Waals surface area contributed by atoms with Gasteiger partial charge in [0.15, 0.2) is 0 Å². The highest BCUT2D eigenvalue weighted by atomic mass is 127. The Kier molecular flexibility index (Phi) is 4.18. The molecule has 0 N–H and O–H groups in total. The monoisotopic (exact) mass is 260 g/mol. The van der Waals surface area contributed by atoms with Crippen molar-refractivity contribution < 1.29 is 12.6 Å². The largest absolute Gasteiger partial charge is 0.265 e. The first kappa shape index (κ1) is 9.20. The molecule has 0 aliphatic rings. The lowest BCUT2D eigenvalue weighted by molar-refractivity contribution is 0.368. The summed E-state index contributed by atoms with van der Waals surface area (Å²) in [6, 6.07) is 0. The summed E-state index contributed by atoms with van der Waals surface area (Å²) in [6.07, 6.45) is 0.988. The Bertz CT molecular complexity index is 220. The Morgan fingerprint density at radius 3 is 2.56 bits per heavy atom. The molecular weight excluding hydrogens is 255 g/mol. The highest BCUT2D eigenvalue weighted by molar-refractivity contribution is 14.1. The van der Waals surface area contributed by atoms with Gasteiger partial charge in [-0.3, -0.25) is 4.18 Å². The molecule has 0 aromatic rings. The van der Waals surface area contributed by atoms with Crippen molar-refractivity contribution in [2.45, 2.75) is 0 Å². The van der Waals surface area contributed by atoms with Crippen molar-refractivity contribution in [3.8, 4) is 9.85 Å². The van der Waals surface area contributed by atoms with Gasteiger partial charge in [-0.2, -0.15) is 8.42 Å². The Labute approximate surface area is 68.0 Å². The van der Waals surface area contributed by atoms with Crippen LogP contribution in [0.4, 0.5) is 0 Å². The second-order valence-corrected chi connectivity index (χ2v) is 3.42. The third-order valence-electron chi connectivity index (χ3n) is 0.412. The molecule has 0 saturated carbocycles. The maximum atomic E-state index is 10.2. The van der Waals surface area contributed by atoms with Gasteiger partial charge < -0.3 is 0 Å². The van der Waals surface area contributed by atoms with Crippen LogP contribution in [0.2, 0.25) is 0 Å². The minimum atomic E-state index is -3.30. The van der Waals surface area contributed by atoms with Crippen LogP contribution < -0.4 is 0 Å². The summed E-state index contributed by atoms with van der Waals surface area (Å²) in [4.78, 5) is 0. The van der Waals surface area contributed by atoms with Crippen LogP contribution in [-0.4, -0.2) is 21.3 Å². The van der Waals surface area contributed by atoms with Crippen molar-refractivity contribution in [2.24, 2.45) is 0 Å². The van der Waals surface area contributed by atoms with E-state index in [9.17, 15) is 8.42 Å². The van der Waals surface area contributed by atoms with Crippen LogP contribution >= 0.6 is 22.6 Å². The topological polar surface area (TPSA) is 43.4 Å². The van der Waals surface area contributed by atoms with E-state index < -0.39 is 10.1 Å². The van der Waals surface area contributed by atoms with Gasteiger partial charge in [-0.25, -0.2) is 0 Å². The molecule has 0 spiro atoms. The van der Waals surface area contributed by atoms with E-state index in [0.717, 1.165) is 6.26 Å². The number of rotatable bonds is 2. The zero-order valence-electron chi connectivity index (χ0n) is 4.72. The fraction of sp³-hybridized carbons (Fsp3) is 0.500. The molecule has 0 aromatic heterocycles. The summed E-state index contributed by atoms with van der Waals surface area (Å²) >= 11 is 1.80. The minimum absolute atomic E-state index is 0.0538. The van der Waals surface area contributed by atoms with E-state index in [1.807, 2.05) is 0 Å². The van der Waals surface area contributed by atoms with Gasteiger partial charge in [-0.1, -0.05) is 5.92 Å². The fourth-order valence-corrected chi connectivity index (χ4v) is 0.592. The molecule has 0 radical (unpaired) electrons. The van der Waals surface area contributed by atoms with Crippen molar-refractivity contribution in [2.75, 3.05) is 12.9 Å². The van der Waals surface area contributed by atoms with Crippen LogP contribution in [-0.2, 0) is 14.3 Å². The average molecular weight is 260 g/mol. The van der Waals surface area contributed by atoms with Gasteiger partial charge in [-0.05, 0) is 3.93 Å². The fourth-order valence-electron chi connectivity index (χ4n) is 0.164. The van der Waals surface area contributed by atoms with Crippen LogP contribution in [0.5, 0.6) is 0 Å². The SMILES string of the molecule is CS(=O)(=O)OCC#CI. The van der Waals surface area contributed by atoms with Crippen molar-refractivity contribution in [1.29, 1.82) is 0 Å². The number of halogens is 1. The average Bonchev–Trinajstić information content (AvgIpc) is 1.63. The quantitative estimate of drug-likeness (QED) is 0.409. The number of hydrogen-bond acceptors (Lipinski definition) is 3. The van der Waals surface area contributed by atoms with E-state index in [4.69, 9.17) is 0 Å². The highest BCUT2D eigenvalue weighted by Crippen LogP contribution is 1.83. The van der Waals surface area contributed by atoms with Gasteiger partial charge >= 0.3 is 0 Å². The van der Waals surface area contributed by atoms with E-state index in [2.05, 4.69) is 14.0 Å². The normalized spacial score (nSPS) is 10.0. The Morgan fingerprint density at radius 1 is 1.67 bits per heavy atom. The molecule has 0 fully saturated rings. The summed E-state index contributed by atoms with van der Waals surface area (Å²) < 4.78 is 27.2. The first-order valence-corrected chi connectivity index (χ1v) is 4.88. The summed E-state index contributed by atoms with van der Waals surface area (Å²) in [5.74, 6) is 2.44. The minimum Gasteiger partial charge on any atom is -0.257 e. The molecule has 0 heterocycles. The number of hydrogen-bond donors (Lipinski definition) is 0. The summed E-state index contributed by atoms with van der Waals surface area (Å²) in [5, 5.41) is 0. The van der Waals surface area contributed by atoms with Crippen molar-refractivity contribution in [3.63, 3.8) is 0 Å². The van der Waals surface area contributed by atoms with Crippen LogP contribution in [0.15, 0.2) is 0 Å². The van der Waals surface area contributed by atoms with Crippen LogP contribution in [0.1, 0.15) is 0 Å². The molecule has 5 heteroatoms. The molecular formula is C4H5IO3S. The maximum Gasteiger partial charge on any atom is 0.265 e. The van der Waals surface area contributed by atoms with Gasteiger partial charge in [-0.15, -0.1) is 0 Å². The lowest BCUT2D eigenvalue weighted by Gasteiger charge is -1.90. The zero-order valence-corrected chi connectivity index (χ0v) is 7.69. The standard InChI is InChI=1S/C4H5IO3S/c1-9(6,7)8-4-2-3-5/h4H2,1H3. The second-order valence-electron chi connectivity index (χ2n) is 1.24. The van der Waals surface area contributed by atoms with E-state index in [1.54, 1.807) is 22.6 Å². The summed E-state index contributed by atoms with van der Waals surface area (Å²) in [5.41, 5.74) is 0. The molecule has 0 atom stereocenters. The smallest absolute Gasteiger partial charge is 0.257 e. The molecule has 0 aliphatic heterocycles. The Balaban J connectivity index is 3.62. The highest BCUT2D eigenvalue weighted by Gasteiger charge is 1.96. The summed E-state index contributed by atoms with van der Waals surface area (Å²) in [7, 11) is -3.30. The summed E-state index contributed by atoms with van der Waals surface area (Å²) in [6.45, 7) is -0.0538. The van der Waals surface area contributed by atoms with E-state index >= 15 is 0 Å². The van der Waals surface area contributed by atoms with Gasteiger partial charge in [0, 0.05) is 22.6 Å². The second kappa shape index (κ2) is 4.09. The Morgan fingerprint density at radius 2 is 2.22 bits per heavy atom. The van der Waals surface area contributed by atoms with E-state index in [1.165, 1.54) is 0 Å². The van der Waals surface area contributed by atoms with Crippen LogP contribution in [0.3, 0.4) is 0 Å². The predicted molar refractivity (Wildman–Crippen MR) is 42.6 cm³/mol. The van der Waals surface area contributed by atoms with Gasteiger partial charge in [0.25, 0.3) is 10.1 Å². The lowest BCUT2D eigenvalue weighted by Crippen LogP contribution is -2.01. The van der Waals surface area contributed by atoms with Crippen molar-refractivity contribution in [1.82, 2.24) is 0 Å². The Hall–Kier alpha value is 0.200. The molecule has 0 saturated heterocycles.